The third kappa shape index (κ3) is 4.62. The van der Waals surface area contributed by atoms with Crippen LogP contribution >= 0.6 is 12.4 Å². The van der Waals surface area contributed by atoms with Gasteiger partial charge in [0.25, 0.3) is 5.91 Å². The van der Waals surface area contributed by atoms with Gasteiger partial charge in [-0.25, -0.2) is 0 Å². The van der Waals surface area contributed by atoms with E-state index in [0.717, 1.165) is 38.0 Å². The van der Waals surface area contributed by atoms with Crippen molar-refractivity contribution in [3.8, 4) is 5.75 Å². The van der Waals surface area contributed by atoms with Crippen LogP contribution in [0.4, 0.5) is 0 Å². The molecular formula is C17H27ClN2O2. The Morgan fingerprint density at radius 1 is 1.45 bits per heavy atom. The fourth-order valence-electron chi connectivity index (χ4n) is 2.86. The molecule has 0 aliphatic carbocycles. The lowest BCUT2D eigenvalue weighted by Crippen LogP contribution is -2.51. The quantitative estimate of drug-likeness (QED) is 0.903. The van der Waals surface area contributed by atoms with Crippen LogP contribution in [0.25, 0.3) is 0 Å². The highest BCUT2D eigenvalue weighted by atomic mass is 35.5. The van der Waals surface area contributed by atoms with Gasteiger partial charge in [-0.05, 0) is 50.8 Å². The van der Waals surface area contributed by atoms with E-state index in [1.165, 1.54) is 0 Å². The average molecular weight is 327 g/mol. The van der Waals surface area contributed by atoms with E-state index in [2.05, 4.69) is 6.92 Å². The number of likely N-dealkylation sites (tertiary alicyclic amines) is 1. The minimum Gasteiger partial charge on any atom is -0.494 e. The first-order chi connectivity index (χ1) is 10.1. The van der Waals surface area contributed by atoms with Crippen LogP contribution in [0.5, 0.6) is 5.75 Å². The molecule has 1 amide bonds. The van der Waals surface area contributed by atoms with Crippen molar-refractivity contribution in [1.29, 1.82) is 0 Å². The van der Waals surface area contributed by atoms with Gasteiger partial charge in [0.05, 0.1) is 6.61 Å². The zero-order valence-electron chi connectivity index (χ0n) is 13.5. The summed E-state index contributed by atoms with van der Waals surface area (Å²) in [5.74, 6) is 0.830. The highest BCUT2D eigenvalue weighted by Gasteiger charge is 2.29. The van der Waals surface area contributed by atoms with Crippen LogP contribution < -0.4 is 10.5 Å². The van der Waals surface area contributed by atoms with Crippen molar-refractivity contribution < 1.29 is 9.53 Å². The van der Waals surface area contributed by atoms with Crippen LogP contribution in [0, 0.1) is 0 Å². The fraction of sp³-hybridized carbons (Fsp3) is 0.588. The molecule has 2 atom stereocenters. The van der Waals surface area contributed by atoms with Crippen molar-refractivity contribution in [2.75, 3.05) is 13.2 Å². The third-order valence-corrected chi connectivity index (χ3v) is 3.97. The van der Waals surface area contributed by atoms with Crippen molar-refractivity contribution in [2.24, 2.45) is 5.73 Å². The number of amides is 1. The molecule has 124 valence electrons. The molecule has 0 bridgehead atoms. The van der Waals surface area contributed by atoms with E-state index in [4.69, 9.17) is 10.5 Å². The van der Waals surface area contributed by atoms with Crippen LogP contribution in [-0.2, 0) is 0 Å². The van der Waals surface area contributed by atoms with E-state index in [1.807, 2.05) is 36.1 Å². The number of carbonyl (C=O) groups is 1. The molecular weight excluding hydrogens is 300 g/mol. The minimum atomic E-state index is 0. The van der Waals surface area contributed by atoms with Gasteiger partial charge in [0.15, 0.2) is 0 Å². The average Bonchev–Trinajstić information content (AvgIpc) is 2.52. The monoisotopic (exact) mass is 326 g/mol. The molecule has 22 heavy (non-hydrogen) atoms. The second kappa shape index (κ2) is 9.01. The first kappa shape index (κ1) is 18.8. The lowest BCUT2D eigenvalue weighted by Gasteiger charge is -2.38. The van der Waals surface area contributed by atoms with Crippen LogP contribution in [0.1, 0.15) is 49.9 Å². The Bertz CT molecular complexity index is 479. The molecule has 2 unspecified atom stereocenters. The number of benzene rings is 1. The summed E-state index contributed by atoms with van der Waals surface area (Å²) in [6, 6.07) is 7.62. The lowest BCUT2D eigenvalue weighted by atomic mass is 9.96. The molecule has 2 rings (SSSR count). The predicted molar refractivity (Wildman–Crippen MR) is 91.8 cm³/mol. The van der Waals surface area contributed by atoms with Gasteiger partial charge in [-0.15, -0.1) is 12.4 Å². The second-order valence-corrected chi connectivity index (χ2v) is 5.80. The molecule has 0 aromatic heterocycles. The maximum Gasteiger partial charge on any atom is 0.254 e. The van der Waals surface area contributed by atoms with Crippen LogP contribution in [-0.4, -0.2) is 36.0 Å². The maximum absolute atomic E-state index is 12.8. The van der Waals surface area contributed by atoms with E-state index in [9.17, 15) is 4.79 Å². The van der Waals surface area contributed by atoms with Gasteiger partial charge in [0.1, 0.15) is 5.75 Å². The lowest BCUT2D eigenvalue weighted by molar-refractivity contribution is 0.0583. The number of ether oxygens (including phenoxy) is 1. The highest BCUT2D eigenvalue weighted by molar-refractivity contribution is 5.95. The van der Waals surface area contributed by atoms with E-state index in [0.29, 0.717) is 12.2 Å². The van der Waals surface area contributed by atoms with Crippen LogP contribution in [0.3, 0.4) is 0 Å². The normalized spacial score (nSPS) is 19.2. The summed E-state index contributed by atoms with van der Waals surface area (Å²) >= 11 is 0. The molecule has 4 nitrogen and oxygen atoms in total. The minimum absolute atomic E-state index is 0. The molecule has 0 spiro atoms. The summed E-state index contributed by atoms with van der Waals surface area (Å²) in [7, 11) is 0. The predicted octanol–water partition coefficient (Wildman–Crippen LogP) is 3.24. The molecule has 5 heteroatoms. The molecule has 1 saturated heterocycles. The Hall–Kier alpha value is -1.26. The van der Waals surface area contributed by atoms with E-state index < -0.39 is 0 Å². The summed E-state index contributed by atoms with van der Waals surface area (Å²) in [5.41, 5.74) is 6.74. The second-order valence-electron chi connectivity index (χ2n) is 5.80. The SMILES string of the molecule is CCCOc1cccc(C(=O)N2CCCCC2C(C)N)c1.Cl. The van der Waals surface area contributed by atoms with Crippen LogP contribution in [0.15, 0.2) is 24.3 Å². The summed E-state index contributed by atoms with van der Waals surface area (Å²) in [6.45, 7) is 5.52. The topological polar surface area (TPSA) is 55.6 Å². The van der Waals surface area contributed by atoms with E-state index in [-0.39, 0.29) is 30.4 Å². The number of piperidine rings is 1. The molecule has 1 fully saturated rings. The number of hydrogen-bond acceptors (Lipinski definition) is 3. The Labute approximate surface area is 139 Å². The van der Waals surface area contributed by atoms with E-state index >= 15 is 0 Å². The standard InChI is InChI=1S/C17H26N2O2.ClH/c1-3-11-21-15-8-6-7-14(12-15)17(20)19-10-5-4-9-16(19)13(2)18;/h6-8,12-13,16H,3-5,9-11,18H2,1-2H3;1H. The van der Waals surface area contributed by atoms with Gasteiger partial charge >= 0.3 is 0 Å². The Morgan fingerprint density at radius 3 is 2.91 bits per heavy atom. The molecule has 1 aromatic carbocycles. The third-order valence-electron chi connectivity index (χ3n) is 3.97. The molecule has 0 saturated carbocycles. The summed E-state index contributed by atoms with van der Waals surface area (Å²) < 4.78 is 5.61. The van der Waals surface area contributed by atoms with E-state index in [1.54, 1.807) is 0 Å². The first-order valence-electron chi connectivity index (χ1n) is 7.93. The van der Waals surface area contributed by atoms with Gasteiger partial charge in [0, 0.05) is 24.2 Å². The largest absolute Gasteiger partial charge is 0.494 e. The van der Waals surface area contributed by atoms with Crippen molar-refractivity contribution in [1.82, 2.24) is 4.90 Å². The summed E-state index contributed by atoms with van der Waals surface area (Å²) in [6.07, 6.45) is 4.16. The van der Waals surface area contributed by atoms with Crippen molar-refractivity contribution in [2.45, 2.75) is 51.6 Å². The van der Waals surface area contributed by atoms with Gasteiger partial charge < -0.3 is 15.4 Å². The number of nitrogens with two attached hydrogens (primary N) is 1. The molecule has 2 N–H and O–H groups in total. The van der Waals surface area contributed by atoms with Crippen molar-refractivity contribution >= 4 is 18.3 Å². The Morgan fingerprint density at radius 2 is 2.23 bits per heavy atom. The van der Waals surface area contributed by atoms with Gasteiger partial charge in [-0.1, -0.05) is 13.0 Å². The molecule has 1 heterocycles. The maximum atomic E-state index is 12.8. The van der Waals surface area contributed by atoms with Gasteiger partial charge in [-0.2, -0.15) is 0 Å². The van der Waals surface area contributed by atoms with Crippen molar-refractivity contribution in [3.63, 3.8) is 0 Å². The fourth-order valence-corrected chi connectivity index (χ4v) is 2.86. The Balaban J connectivity index is 0.00000242. The molecule has 1 aromatic rings. The number of halogens is 1. The number of nitrogens with zero attached hydrogens (tertiary/aromatic N) is 1. The van der Waals surface area contributed by atoms with Crippen LogP contribution in [0.2, 0.25) is 0 Å². The first-order valence-corrected chi connectivity index (χ1v) is 7.93. The number of hydrogen-bond donors (Lipinski definition) is 1. The van der Waals surface area contributed by atoms with Gasteiger partial charge in [-0.3, -0.25) is 4.79 Å². The summed E-state index contributed by atoms with van der Waals surface area (Å²) in [4.78, 5) is 14.7. The zero-order valence-corrected chi connectivity index (χ0v) is 14.3. The smallest absolute Gasteiger partial charge is 0.254 e. The number of carbonyl (C=O) groups excluding carboxylic acids is 1. The molecule has 0 radical (unpaired) electrons. The molecule has 1 aliphatic heterocycles. The highest BCUT2D eigenvalue weighted by Crippen LogP contribution is 2.23. The number of rotatable bonds is 5. The van der Waals surface area contributed by atoms with Gasteiger partial charge in [0.2, 0.25) is 0 Å². The molecule has 1 aliphatic rings. The zero-order chi connectivity index (χ0) is 15.2. The van der Waals surface area contributed by atoms with Crippen molar-refractivity contribution in [3.05, 3.63) is 29.8 Å². The Kier molecular flexibility index (Phi) is 7.69. The summed E-state index contributed by atoms with van der Waals surface area (Å²) in [5, 5.41) is 0.